The molecule has 0 heterocycles. The van der Waals surface area contributed by atoms with Crippen LogP contribution in [0, 0.1) is 34.6 Å². The van der Waals surface area contributed by atoms with Crippen molar-refractivity contribution in [3.05, 3.63) is 28.8 Å². The van der Waals surface area contributed by atoms with Crippen LogP contribution >= 0.6 is 0 Å². The van der Waals surface area contributed by atoms with E-state index in [9.17, 15) is 48.3 Å². The largest absolute Gasteiger partial charge is 0.470 e. The number of benzene rings is 1. The van der Waals surface area contributed by atoms with E-state index < -0.39 is 52.8 Å². The number of nitriles is 1. The number of alkyl halides is 7. The van der Waals surface area contributed by atoms with Crippen molar-refractivity contribution in [3.63, 3.8) is 0 Å². The van der Waals surface area contributed by atoms with Crippen LogP contribution in [0.2, 0.25) is 0 Å². The zero-order chi connectivity index (χ0) is 18.4. The van der Waals surface area contributed by atoms with Crippen molar-refractivity contribution < 1.29 is 53.0 Å². The molecular formula is C10F11NO. The van der Waals surface area contributed by atoms with E-state index in [2.05, 4.69) is 4.74 Å². The van der Waals surface area contributed by atoms with Gasteiger partial charge in [0.2, 0.25) is 11.6 Å². The van der Waals surface area contributed by atoms with Gasteiger partial charge in [-0.25, -0.2) is 13.2 Å². The van der Waals surface area contributed by atoms with Gasteiger partial charge in [0.15, 0.2) is 17.4 Å². The third kappa shape index (κ3) is 2.84. The zero-order valence-corrected chi connectivity index (χ0v) is 10.0. The number of rotatable bonds is 2. The Labute approximate surface area is 118 Å². The second-order valence-corrected chi connectivity index (χ2v) is 3.76. The second-order valence-electron chi connectivity index (χ2n) is 3.76. The molecule has 0 bridgehead atoms. The Kier molecular flexibility index (Phi) is 4.43. The van der Waals surface area contributed by atoms with E-state index in [1.807, 2.05) is 0 Å². The van der Waals surface area contributed by atoms with Crippen LogP contribution in [0.25, 0.3) is 0 Å². The number of halogens is 11. The lowest BCUT2D eigenvalue weighted by molar-refractivity contribution is -0.406. The van der Waals surface area contributed by atoms with E-state index in [1.54, 1.807) is 0 Å². The first-order valence-corrected chi connectivity index (χ1v) is 4.96. The van der Waals surface area contributed by atoms with Crippen LogP contribution in [-0.4, -0.2) is 18.2 Å². The SMILES string of the molecule is N#Cc1c(F)c(F)c(F)c(F)c1OC(F)(C(F)(F)F)C(F)(F)F. The molecule has 0 fully saturated rings. The van der Waals surface area contributed by atoms with Crippen LogP contribution in [0.1, 0.15) is 5.56 Å². The number of hydrogen-bond donors (Lipinski definition) is 0. The molecule has 1 rings (SSSR count). The highest BCUT2D eigenvalue weighted by Crippen LogP contribution is 2.48. The Morgan fingerprint density at radius 2 is 1.09 bits per heavy atom. The molecule has 2 nitrogen and oxygen atoms in total. The van der Waals surface area contributed by atoms with E-state index in [0.29, 0.717) is 6.07 Å². The van der Waals surface area contributed by atoms with Crippen molar-refractivity contribution in [1.29, 1.82) is 5.26 Å². The van der Waals surface area contributed by atoms with Crippen LogP contribution in [0.4, 0.5) is 48.3 Å². The van der Waals surface area contributed by atoms with Gasteiger partial charge in [-0.1, -0.05) is 0 Å². The molecule has 0 aliphatic heterocycles. The normalized spacial score (nSPS) is 13.0. The van der Waals surface area contributed by atoms with E-state index >= 15 is 0 Å². The molecule has 0 radical (unpaired) electrons. The minimum atomic E-state index is -6.87. The van der Waals surface area contributed by atoms with Crippen molar-refractivity contribution in [2.75, 3.05) is 0 Å². The Balaban J connectivity index is 3.70. The van der Waals surface area contributed by atoms with Crippen molar-refractivity contribution in [2.24, 2.45) is 0 Å². The monoisotopic (exact) mass is 359 g/mol. The van der Waals surface area contributed by atoms with Gasteiger partial charge in [0.1, 0.15) is 11.6 Å². The van der Waals surface area contributed by atoms with Gasteiger partial charge in [-0.3, -0.25) is 0 Å². The second kappa shape index (κ2) is 5.43. The third-order valence-electron chi connectivity index (χ3n) is 2.31. The molecular weight excluding hydrogens is 359 g/mol. The first kappa shape index (κ1) is 18.8. The van der Waals surface area contributed by atoms with Crippen molar-refractivity contribution in [3.8, 4) is 11.8 Å². The van der Waals surface area contributed by atoms with Gasteiger partial charge in [0, 0.05) is 0 Å². The summed E-state index contributed by atoms with van der Waals surface area (Å²) in [5, 5.41) is 8.33. The van der Waals surface area contributed by atoms with Crippen molar-refractivity contribution >= 4 is 0 Å². The fourth-order valence-electron chi connectivity index (χ4n) is 1.22. The minimum absolute atomic E-state index is 0.450. The molecule has 0 unspecified atom stereocenters. The Morgan fingerprint density at radius 3 is 1.43 bits per heavy atom. The summed E-state index contributed by atoms with van der Waals surface area (Å²) in [5.74, 6) is -20.5. The van der Waals surface area contributed by atoms with Gasteiger partial charge < -0.3 is 4.74 Å². The van der Waals surface area contributed by atoms with Gasteiger partial charge in [-0.2, -0.15) is 40.4 Å². The lowest BCUT2D eigenvalue weighted by Crippen LogP contribution is -2.57. The first-order chi connectivity index (χ1) is 10.2. The van der Waals surface area contributed by atoms with Crippen LogP contribution in [-0.2, 0) is 0 Å². The number of ether oxygens (including phenoxy) is 1. The molecule has 1 aromatic carbocycles. The van der Waals surface area contributed by atoms with E-state index in [-0.39, 0.29) is 0 Å². The van der Waals surface area contributed by atoms with Crippen LogP contribution < -0.4 is 4.74 Å². The van der Waals surface area contributed by atoms with Gasteiger partial charge in [-0.05, 0) is 0 Å². The van der Waals surface area contributed by atoms with Crippen molar-refractivity contribution in [1.82, 2.24) is 0 Å². The lowest BCUT2D eigenvalue weighted by atomic mass is 10.1. The summed E-state index contributed by atoms with van der Waals surface area (Å²) < 4.78 is 141. The van der Waals surface area contributed by atoms with Gasteiger partial charge in [-0.15, -0.1) is 0 Å². The molecule has 128 valence electrons. The molecule has 0 amide bonds. The summed E-state index contributed by atoms with van der Waals surface area (Å²) >= 11 is 0. The summed E-state index contributed by atoms with van der Waals surface area (Å²) in [6.07, 6.45) is -13.7. The average molecular weight is 359 g/mol. The summed E-state index contributed by atoms with van der Waals surface area (Å²) in [7, 11) is 0. The minimum Gasteiger partial charge on any atom is -0.439 e. The predicted molar refractivity (Wildman–Crippen MR) is 47.6 cm³/mol. The number of nitrogens with zero attached hydrogens (tertiary/aromatic N) is 1. The first-order valence-electron chi connectivity index (χ1n) is 4.96. The highest BCUT2D eigenvalue weighted by atomic mass is 19.4. The molecule has 13 heteroatoms. The molecule has 0 N–H and O–H groups in total. The fraction of sp³-hybridized carbons (Fsp3) is 0.300. The highest BCUT2D eigenvalue weighted by Gasteiger charge is 2.76. The Hall–Kier alpha value is -2.26. The van der Waals surface area contributed by atoms with E-state index in [1.165, 1.54) is 0 Å². The molecule has 0 atom stereocenters. The van der Waals surface area contributed by atoms with Crippen molar-refractivity contribution in [2.45, 2.75) is 18.2 Å². The summed E-state index contributed by atoms with van der Waals surface area (Å²) in [6.45, 7) is 0. The maximum Gasteiger partial charge on any atom is 0.470 e. The maximum atomic E-state index is 13.3. The molecule has 0 saturated carbocycles. The molecule has 1 aromatic rings. The number of hydrogen-bond acceptors (Lipinski definition) is 2. The molecule has 0 saturated heterocycles. The summed E-state index contributed by atoms with van der Waals surface area (Å²) in [5.41, 5.74) is -2.23. The van der Waals surface area contributed by atoms with Crippen LogP contribution in [0.15, 0.2) is 0 Å². The maximum absolute atomic E-state index is 13.3. The smallest absolute Gasteiger partial charge is 0.439 e. The molecule has 0 aromatic heterocycles. The van der Waals surface area contributed by atoms with E-state index in [0.717, 1.165) is 0 Å². The van der Waals surface area contributed by atoms with Gasteiger partial charge in [0.25, 0.3) is 0 Å². The average Bonchev–Trinajstić information content (AvgIpc) is 2.40. The molecule has 0 aliphatic carbocycles. The molecule has 0 spiro atoms. The third-order valence-corrected chi connectivity index (χ3v) is 2.31. The summed E-state index contributed by atoms with van der Waals surface area (Å²) in [6, 6.07) is 0.450. The van der Waals surface area contributed by atoms with Crippen LogP contribution in [0.3, 0.4) is 0 Å². The fourth-order valence-corrected chi connectivity index (χ4v) is 1.22. The molecule has 23 heavy (non-hydrogen) atoms. The molecule has 0 aliphatic rings. The van der Waals surface area contributed by atoms with Gasteiger partial charge >= 0.3 is 18.2 Å². The topological polar surface area (TPSA) is 33.0 Å². The summed E-state index contributed by atoms with van der Waals surface area (Å²) in [4.78, 5) is 0. The van der Waals surface area contributed by atoms with E-state index in [4.69, 9.17) is 5.26 Å². The zero-order valence-electron chi connectivity index (χ0n) is 10.0. The quantitative estimate of drug-likeness (QED) is 0.449. The predicted octanol–water partition coefficient (Wildman–Crippen LogP) is 4.28. The van der Waals surface area contributed by atoms with Gasteiger partial charge in [0.05, 0.1) is 0 Å². The van der Waals surface area contributed by atoms with Crippen LogP contribution in [0.5, 0.6) is 5.75 Å². The lowest BCUT2D eigenvalue weighted by Gasteiger charge is -2.30. The Bertz CT molecular complexity index is 656. The Morgan fingerprint density at radius 1 is 0.696 bits per heavy atom. The standard InChI is InChI=1S/C10F11NO/c11-3-2(1-22)7(6(14)5(13)4(3)12)23-8(15,9(16,17)18)10(19,20)21. The highest BCUT2D eigenvalue weighted by molar-refractivity contribution is 5.46.